The summed E-state index contributed by atoms with van der Waals surface area (Å²) in [6, 6.07) is 4.72. The fraction of sp³-hybridized carbons (Fsp3) is 0.429. The molecule has 21 heavy (non-hydrogen) atoms. The van der Waals surface area contributed by atoms with Gasteiger partial charge in [0, 0.05) is 11.6 Å². The Labute approximate surface area is 133 Å². The quantitative estimate of drug-likeness (QED) is 0.718. The maximum Gasteiger partial charge on any atom is 0.258 e. The van der Waals surface area contributed by atoms with Crippen LogP contribution >= 0.6 is 23.2 Å². The van der Waals surface area contributed by atoms with Gasteiger partial charge in [0.05, 0.1) is 11.6 Å². The number of ether oxygens (including phenoxy) is 1. The van der Waals surface area contributed by atoms with Crippen molar-refractivity contribution in [2.24, 2.45) is 0 Å². The Morgan fingerprint density at radius 1 is 1.19 bits per heavy atom. The van der Waals surface area contributed by atoms with Crippen LogP contribution < -0.4 is 15.4 Å². The van der Waals surface area contributed by atoms with E-state index >= 15 is 0 Å². The van der Waals surface area contributed by atoms with Crippen LogP contribution in [-0.2, 0) is 9.59 Å². The third-order valence-electron chi connectivity index (χ3n) is 2.55. The molecular weight excluding hydrogens is 315 g/mol. The first-order valence-electron chi connectivity index (χ1n) is 6.64. The van der Waals surface area contributed by atoms with Crippen LogP contribution in [0.15, 0.2) is 18.2 Å². The maximum absolute atomic E-state index is 11.5. The highest BCUT2D eigenvalue weighted by Crippen LogP contribution is 2.27. The van der Waals surface area contributed by atoms with Gasteiger partial charge in [0.25, 0.3) is 5.91 Å². The maximum atomic E-state index is 11.5. The van der Waals surface area contributed by atoms with Gasteiger partial charge in [-0.05, 0) is 24.6 Å². The van der Waals surface area contributed by atoms with Crippen LogP contribution in [0.3, 0.4) is 0 Å². The number of hydrogen-bond acceptors (Lipinski definition) is 3. The molecule has 7 heteroatoms. The Kier molecular flexibility index (Phi) is 7.93. The standard InChI is InChI=1S/C14H18Cl2N2O3/c1-2-3-6-17-13(19)8-18-14(20)9-21-12-5-4-10(15)7-11(12)16/h4-5,7H,2-3,6,8-9H2,1H3,(H,17,19)(H,18,20). The van der Waals surface area contributed by atoms with Gasteiger partial charge in [0.2, 0.25) is 5.91 Å². The average Bonchev–Trinajstić information content (AvgIpc) is 2.44. The summed E-state index contributed by atoms with van der Waals surface area (Å²) in [6.07, 6.45) is 1.92. The Morgan fingerprint density at radius 2 is 1.95 bits per heavy atom. The molecular formula is C14H18Cl2N2O3. The number of carbonyl (C=O) groups excluding carboxylic acids is 2. The number of hydrogen-bond donors (Lipinski definition) is 2. The number of rotatable bonds is 8. The Bertz CT molecular complexity index is 495. The molecule has 0 aliphatic carbocycles. The van der Waals surface area contributed by atoms with Gasteiger partial charge in [0.15, 0.2) is 6.61 Å². The first kappa shape index (κ1) is 17.6. The van der Waals surface area contributed by atoms with Crippen molar-refractivity contribution in [1.29, 1.82) is 0 Å². The molecule has 5 nitrogen and oxygen atoms in total. The fourth-order valence-corrected chi connectivity index (χ4v) is 1.90. The second-order valence-corrected chi connectivity index (χ2v) is 5.19. The summed E-state index contributed by atoms with van der Waals surface area (Å²) in [4.78, 5) is 22.9. The van der Waals surface area contributed by atoms with Crippen molar-refractivity contribution in [3.05, 3.63) is 28.2 Å². The van der Waals surface area contributed by atoms with Crippen LogP contribution in [0.25, 0.3) is 0 Å². The van der Waals surface area contributed by atoms with Crippen molar-refractivity contribution in [2.75, 3.05) is 19.7 Å². The van der Waals surface area contributed by atoms with Crippen molar-refractivity contribution in [3.63, 3.8) is 0 Å². The Hall–Kier alpha value is -1.46. The van der Waals surface area contributed by atoms with Gasteiger partial charge in [-0.1, -0.05) is 36.5 Å². The van der Waals surface area contributed by atoms with Gasteiger partial charge in [0.1, 0.15) is 5.75 Å². The van der Waals surface area contributed by atoms with Crippen LogP contribution in [0, 0.1) is 0 Å². The molecule has 2 amide bonds. The first-order valence-corrected chi connectivity index (χ1v) is 7.39. The lowest BCUT2D eigenvalue weighted by Crippen LogP contribution is -2.39. The molecule has 0 unspecified atom stereocenters. The molecule has 0 atom stereocenters. The second-order valence-electron chi connectivity index (χ2n) is 4.34. The molecule has 1 aromatic carbocycles. The highest BCUT2D eigenvalue weighted by Gasteiger charge is 2.08. The predicted molar refractivity (Wildman–Crippen MR) is 82.9 cm³/mol. The zero-order chi connectivity index (χ0) is 15.7. The molecule has 0 heterocycles. The lowest BCUT2D eigenvalue weighted by atomic mass is 10.3. The van der Waals surface area contributed by atoms with E-state index in [0.29, 0.717) is 22.3 Å². The minimum absolute atomic E-state index is 0.0692. The Balaban J connectivity index is 2.26. The molecule has 0 saturated carbocycles. The molecule has 0 spiro atoms. The normalized spacial score (nSPS) is 10.0. The minimum Gasteiger partial charge on any atom is -0.482 e. The largest absolute Gasteiger partial charge is 0.482 e. The zero-order valence-electron chi connectivity index (χ0n) is 11.7. The van der Waals surface area contributed by atoms with Crippen molar-refractivity contribution in [2.45, 2.75) is 19.8 Å². The van der Waals surface area contributed by atoms with Gasteiger partial charge in [-0.3, -0.25) is 9.59 Å². The monoisotopic (exact) mass is 332 g/mol. The van der Waals surface area contributed by atoms with E-state index < -0.39 is 5.91 Å². The van der Waals surface area contributed by atoms with Crippen molar-refractivity contribution in [1.82, 2.24) is 10.6 Å². The van der Waals surface area contributed by atoms with Crippen LogP contribution in [0.2, 0.25) is 10.0 Å². The lowest BCUT2D eigenvalue weighted by molar-refractivity contribution is -0.127. The second kappa shape index (κ2) is 9.47. The first-order chi connectivity index (χ1) is 10.0. The average molecular weight is 333 g/mol. The molecule has 0 bridgehead atoms. The van der Waals surface area contributed by atoms with E-state index in [4.69, 9.17) is 27.9 Å². The fourth-order valence-electron chi connectivity index (χ4n) is 1.43. The number of unbranched alkanes of at least 4 members (excludes halogenated alkanes) is 1. The highest BCUT2D eigenvalue weighted by atomic mass is 35.5. The molecule has 1 aromatic rings. The van der Waals surface area contributed by atoms with E-state index in [1.807, 2.05) is 6.92 Å². The van der Waals surface area contributed by atoms with E-state index in [1.54, 1.807) is 12.1 Å². The molecule has 0 aromatic heterocycles. The molecule has 1 rings (SSSR count). The molecule has 0 radical (unpaired) electrons. The molecule has 0 fully saturated rings. The predicted octanol–water partition coefficient (Wildman–Crippen LogP) is 2.40. The summed E-state index contributed by atoms with van der Waals surface area (Å²) in [5.41, 5.74) is 0. The molecule has 0 aliphatic rings. The number of benzene rings is 1. The zero-order valence-corrected chi connectivity index (χ0v) is 13.3. The third-order valence-corrected chi connectivity index (χ3v) is 3.08. The van der Waals surface area contributed by atoms with Gasteiger partial charge in [-0.25, -0.2) is 0 Å². The van der Waals surface area contributed by atoms with Gasteiger partial charge >= 0.3 is 0 Å². The molecule has 0 aliphatic heterocycles. The van der Waals surface area contributed by atoms with Crippen molar-refractivity contribution >= 4 is 35.0 Å². The number of amides is 2. The topological polar surface area (TPSA) is 67.4 Å². The molecule has 2 N–H and O–H groups in total. The van der Waals surface area contributed by atoms with Crippen molar-refractivity contribution in [3.8, 4) is 5.75 Å². The van der Waals surface area contributed by atoms with E-state index in [9.17, 15) is 9.59 Å². The van der Waals surface area contributed by atoms with E-state index in [0.717, 1.165) is 12.8 Å². The van der Waals surface area contributed by atoms with Gasteiger partial charge < -0.3 is 15.4 Å². The summed E-state index contributed by atoms with van der Waals surface area (Å²) < 4.78 is 5.25. The van der Waals surface area contributed by atoms with Crippen LogP contribution in [0.4, 0.5) is 0 Å². The smallest absolute Gasteiger partial charge is 0.258 e. The highest BCUT2D eigenvalue weighted by molar-refractivity contribution is 6.35. The summed E-state index contributed by atoms with van der Waals surface area (Å²) in [7, 11) is 0. The number of carbonyl (C=O) groups is 2. The van der Waals surface area contributed by atoms with E-state index in [1.165, 1.54) is 6.07 Å². The van der Waals surface area contributed by atoms with Gasteiger partial charge in [-0.15, -0.1) is 0 Å². The van der Waals surface area contributed by atoms with Crippen LogP contribution in [0.5, 0.6) is 5.75 Å². The summed E-state index contributed by atoms with van der Waals surface area (Å²) in [5, 5.41) is 5.98. The summed E-state index contributed by atoms with van der Waals surface area (Å²) >= 11 is 11.7. The Morgan fingerprint density at radius 3 is 2.62 bits per heavy atom. The lowest BCUT2D eigenvalue weighted by Gasteiger charge is -2.09. The molecule has 116 valence electrons. The SMILES string of the molecule is CCCCNC(=O)CNC(=O)COc1ccc(Cl)cc1Cl. The van der Waals surface area contributed by atoms with Gasteiger partial charge in [-0.2, -0.15) is 0 Å². The minimum atomic E-state index is -0.397. The summed E-state index contributed by atoms with van der Waals surface area (Å²) in [6.45, 7) is 2.36. The van der Waals surface area contributed by atoms with E-state index in [2.05, 4.69) is 10.6 Å². The summed E-state index contributed by atoms with van der Waals surface area (Å²) in [5.74, 6) is -0.253. The molecule has 0 saturated heterocycles. The van der Waals surface area contributed by atoms with Crippen LogP contribution in [-0.4, -0.2) is 31.5 Å². The van der Waals surface area contributed by atoms with Crippen LogP contribution in [0.1, 0.15) is 19.8 Å². The van der Waals surface area contributed by atoms with Crippen molar-refractivity contribution < 1.29 is 14.3 Å². The number of nitrogens with one attached hydrogen (secondary N) is 2. The third kappa shape index (κ3) is 7.20. The van der Waals surface area contributed by atoms with E-state index in [-0.39, 0.29) is 19.1 Å². The number of halogens is 2.